The van der Waals surface area contributed by atoms with Gasteiger partial charge in [0.2, 0.25) is 0 Å². The zero-order chi connectivity index (χ0) is 49.4. The number of cyclic esters (lactones) is 1. The van der Waals surface area contributed by atoms with Crippen molar-refractivity contribution in [2.45, 2.75) is 217 Å². The van der Waals surface area contributed by atoms with Crippen molar-refractivity contribution in [1.29, 1.82) is 0 Å². The Labute approximate surface area is 395 Å². The first-order valence-electron chi connectivity index (χ1n) is 24.9. The topological polar surface area (TPSA) is 233 Å². The number of aliphatic hydroxyl groups is 5. The van der Waals surface area contributed by atoms with Gasteiger partial charge in [-0.1, -0.05) is 34.1 Å². The smallest absolute Gasteiger partial charge is 0.317 e. The fraction of sp³-hybridized carbons (Fsp3) is 0.958. The molecule has 0 aromatic rings. The minimum atomic E-state index is -1.85. The second-order valence-corrected chi connectivity index (χ2v) is 21.0. The van der Waals surface area contributed by atoms with Crippen molar-refractivity contribution in [2.75, 3.05) is 60.0 Å². The van der Waals surface area contributed by atoms with E-state index in [-0.39, 0.29) is 37.8 Å². The van der Waals surface area contributed by atoms with Crippen LogP contribution in [0, 0.1) is 17.8 Å². The molecule has 4 heterocycles. The number of carbonyl (C=O) groups is 2. The molecular formula is C48H91N5O13. The number of rotatable bonds is 14. The zero-order valence-corrected chi connectivity index (χ0v) is 42.6. The van der Waals surface area contributed by atoms with Crippen molar-refractivity contribution in [3.63, 3.8) is 0 Å². The Balaban J connectivity index is 1.73. The molecule has 18 nitrogen and oxygen atoms in total. The molecule has 0 aromatic heterocycles. The van der Waals surface area contributed by atoms with Crippen molar-refractivity contribution in [2.24, 2.45) is 17.8 Å². The van der Waals surface area contributed by atoms with Gasteiger partial charge >= 0.3 is 12.0 Å². The van der Waals surface area contributed by atoms with Gasteiger partial charge in [-0.05, 0) is 119 Å². The second-order valence-electron chi connectivity index (χ2n) is 21.0. The highest BCUT2D eigenvalue weighted by Gasteiger charge is 2.58. The van der Waals surface area contributed by atoms with Gasteiger partial charge in [0.05, 0.1) is 42.0 Å². The summed E-state index contributed by atoms with van der Waals surface area (Å²) in [5, 5.41) is 69.8. The molecule has 4 aliphatic rings. The Morgan fingerprint density at radius 3 is 2.24 bits per heavy atom. The maximum Gasteiger partial charge on any atom is 0.317 e. The number of carbonyl (C=O) groups excluding carboxylic acids is 2. The van der Waals surface area contributed by atoms with E-state index >= 15 is 0 Å². The molecule has 8 N–H and O–H groups in total. The van der Waals surface area contributed by atoms with E-state index in [9.17, 15) is 35.1 Å². The van der Waals surface area contributed by atoms with Crippen LogP contribution in [-0.2, 0) is 33.2 Å². The summed E-state index contributed by atoms with van der Waals surface area (Å²) >= 11 is 0. The lowest BCUT2D eigenvalue weighted by atomic mass is 9.75. The third kappa shape index (κ3) is 13.5. The van der Waals surface area contributed by atoms with Gasteiger partial charge in [-0.15, -0.1) is 0 Å². The number of piperidine rings is 1. The summed E-state index contributed by atoms with van der Waals surface area (Å²) in [6.45, 7) is 23.8. The zero-order valence-electron chi connectivity index (χ0n) is 42.6. The van der Waals surface area contributed by atoms with E-state index in [1.807, 2.05) is 20.8 Å². The summed E-state index contributed by atoms with van der Waals surface area (Å²) < 4.78 is 38.7. The predicted molar refractivity (Wildman–Crippen MR) is 249 cm³/mol. The first-order chi connectivity index (χ1) is 30.9. The van der Waals surface area contributed by atoms with Crippen molar-refractivity contribution >= 4 is 12.0 Å². The van der Waals surface area contributed by atoms with Crippen molar-refractivity contribution in [3.05, 3.63) is 0 Å². The summed E-state index contributed by atoms with van der Waals surface area (Å²) in [4.78, 5) is 31.9. The number of likely N-dealkylation sites (tertiary alicyclic amines) is 1. The number of ether oxygens (including phenoxy) is 6. The molecule has 0 aromatic carbocycles. The molecule has 0 saturated carbocycles. The number of amides is 2. The van der Waals surface area contributed by atoms with E-state index in [0.29, 0.717) is 26.1 Å². The highest BCUT2D eigenvalue weighted by Crippen LogP contribution is 2.43. The highest BCUT2D eigenvalue weighted by atomic mass is 16.7. The van der Waals surface area contributed by atoms with Gasteiger partial charge < -0.3 is 79.7 Å². The minimum Gasteiger partial charge on any atom is -0.459 e. The molecule has 4 fully saturated rings. The second kappa shape index (κ2) is 24.4. The fourth-order valence-electron chi connectivity index (χ4n) is 10.9. The van der Waals surface area contributed by atoms with Crippen molar-refractivity contribution in [1.82, 2.24) is 25.8 Å². The summed E-state index contributed by atoms with van der Waals surface area (Å²) in [6, 6.07) is -1.67. The van der Waals surface area contributed by atoms with Crippen LogP contribution in [0.25, 0.3) is 0 Å². The van der Waals surface area contributed by atoms with Gasteiger partial charge in [0.25, 0.3) is 0 Å². The Morgan fingerprint density at radius 1 is 0.955 bits per heavy atom. The van der Waals surface area contributed by atoms with E-state index in [1.165, 1.54) is 25.4 Å². The molecule has 0 unspecified atom stereocenters. The third-order valence-electron chi connectivity index (χ3n) is 15.3. The number of nitrogens with zero attached hydrogens (tertiary/aromatic N) is 2. The Morgan fingerprint density at radius 2 is 1.62 bits per heavy atom. The number of urea groups is 1. The van der Waals surface area contributed by atoms with Crippen LogP contribution in [0.5, 0.6) is 0 Å². The van der Waals surface area contributed by atoms with E-state index in [0.717, 1.165) is 38.9 Å². The SMILES string of the molecule is CCCNC[C@]1(O)[C@H](C)O[C@@H](O[C@H]2[C@H](C)[C@@H](O[C@@H]3O[C@H](C)C[C@H](N(C)C(=O)NCCN4CCCCC4)[C@H]3O)[C@](C)(O)C[C@@H](C)CN[C@H](C)[C@@H](O)[C@](C)(O)[C@@H](CC)OC(=O)[C@@H]2C)C[C@@]1(C)OC. The van der Waals surface area contributed by atoms with Gasteiger partial charge in [0.1, 0.15) is 35.1 Å². The van der Waals surface area contributed by atoms with Gasteiger partial charge in [-0.25, -0.2) is 4.79 Å². The summed E-state index contributed by atoms with van der Waals surface area (Å²) in [5.74, 6) is -2.92. The fourth-order valence-corrected chi connectivity index (χ4v) is 10.9. The number of hydrogen-bond donors (Lipinski definition) is 8. The first-order valence-corrected chi connectivity index (χ1v) is 24.9. The molecule has 4 aliphatic heterocycles. The predicted octanol–water partition coefficient (Wildman–Crippen LogP) is 2.49. The van der Waals surface area contributed by atoms with Crippen LogP contribution >= 0.6 is 0 Å². The molecule has 18 heteroatoms. The largest absolute Gasteiger partial charge is 0.459 e. The number of esters is 1. The van der Waals surface area contributed by atoms with Crippen LogP contribution < -0.4 is 16.0 Å². The molecule has 4 rings (SSSR count). The molecule has 66 heavy (non-hydrogen) atoms. The van der Waals surface area contributed by atoms with Gasteiger partial charge in [0, 0.05) is 52.2 Å². The first kappa shape index (κ1) is 56.8. The summed E-state index contributed by atoms with van der Waals surface area (Å²) in [6.07, 6.45) is -4.62. The lowest BCUT2D eigenvalue weighted by molar-refractivity contribution is -0.336. The van der Waals surface area contributed by atoms with E-state index in [1.54, 1.807) is 55.5 Å². The van der Waals surface area contributed by atoms with Crippen LogP contribution in [0.1, 0.15) is 128 Å². The molecule has 18 atom stereocenters. The molecule has 386 valence electrons. The van der Waals surface area contributed by atoms with Crippen LogP contribution in [0.15, 0.2) is 0 Å². The van der Waals surface area contributed by atoms with Crippen molar-refractivity contribution < 1.29 is 63.5 Å². The molecule has 4 saturated heterocycles. The molecule has 2 amide bonds. The lowest BCUT2D eigenvalue weighted by Gasteiger charge is -2.53. The maximum absolute atomic E-state index is 14.5. The van der Waals surface area contributed by atoms with Crippen LogP contribution in [0.2, 0.25) is 0 Å². The average Bonchev–Trinajstić information content (AvgIpc) is 3.27. The normalized spacial score (nSPS) is 43.9. The molecular weight excluding hydrogens is 855 g/mol. The molecule has 0 bridgehead atoms. The van der Waals surface area contributed by atoms with E-state index in [4.69, 9.17) is 28.4 Å². The average molecular weight is 946 g/mol. The van der Waals surface area contributed by atoms with Gasteiger partial charge in [-0.2, -0.15) is 0 Å². The number of likely N-dealkylation sites (N-methyl/N-ethyl adjacent to an activating group) is 1. The van der Waals surface area contributed by atoms with Crippen molar-refractivity contribution in [3.8, 4) is 0 Å². The number of methoxy groups -OCH3 is 1. The molecule has 0 radical (unpaired) electrons. The summed E-state index contributed by atoms with van der Waals surface area (Å²) in [7, 11) is 3.17. The van der Waals surface area contributed by atoms with Crippen LogP contribution in [0.3, 0.4) is 0 Å². The van der Waals surface area contributed by atoms with Crippen LogP contribution in [-0.4, -0.2) is 197 Å². The number of hydrogen-bond acceptors (Lipinski definition) is 16. The van der Waals surface area contributed by atoms with Crippen LogP contribution in [0.4, 0.5) is 4.79 Å². The Bertz CT molecular complexity index is 1510. The third-order valence-corrected chi connectivity index (χ3v) is 15.3. The maximum atomic E-state index is 14.5. The highest BCUT2D eigenvalue weighted by molar-refractivity contribution is 5.74. The minimum absolute atomic E-state index is 0.0558. The van der Waals surface area contributed by atoms with Gasteiger partial charge in [0.15, 0.2) is 12.6 Å². The molecule has 0 aliphatic carbocycles. The lowest BCUT2D eigenvalue weighted by Crippen LogP contribution is -2.70. The standard InChI is InChI=1S/C48H91N5O13/c1-14-19-49-28-48(60)34(8)63-37(26-46(48,10)61-13)65-39-31(5)41(45(9,58)25-29(3)27-51-33(7)40(55)47(11,59)36(15-2)64-42(56)32(39)6)66-43-38(54)35(24-30(4)62-43)52(12)44(57)50-20-23-53-21-17-16-18-22-53/h29-41,43,49,51,54-55,58-60H,14-28H2,1-13H3,(H,50,57)/t29-,30-,31+,32-,33-,34+,35+,36-,37+,38-,39+,40-,41-,43+,45-,46-,47-,48+/m1/s1. The Kier molecular flexibility index (Phi) is 21.0. The molecule has 0 spiro atoms. The quantitative estimate of drug-likeness (QED) is 0.0924. The number of nitrogens with one attached hydrogen (secondary N) is 3. The van der Waals surface area contributed by atoms with E-state index < -0.39 is 108 Å². The van der Waals surface area contributed by atoms with E-state index in [2.05, 4.69) is 20.9 Å². The van der Waals surface area contributed by atoms with Gasteiger partial charge in [-0.3, -0.25) is 4.79 Å². The number of aliphatic hydroxyl groups excluding tert-OH is 2. The summed E-state index contributed by atoms with van der Waals surface area (Å²) in [5.41, 5.74) is -6.17. The Hall–Kier alpha value is -1.78. The monoisotopic (exact) mass is 946 g/mol.